The topological polar surface area (TPSA) is 78.5 Å². The molecule has 4 aromatic rings. The van der Waals surface area contributed by atoms with Crippen LogP contribution in [-0.4, -0.2) is 44.0 Å². The molecule has 8 nitrogen and oxygen atoms in total. The van der Waals surface area contributed by atoms with Crippen LogP contribution in [0.1, 0.15) is 35.7 Å². The van der Waals surface area contributed by atoms with Crippen LogP contribution in [0.2, 0.25) is 0 Å². The summed E-state index contributed by atoms with van der Waals surface area (Å²) < 4.78 is 29.6. The maximum atomic E-state index is 14.6. The summed E-state index contributed by atoms with van der Waals surface area (Å²) >= 11 is 0. The summed E-state index contributed by atoms with van der Waals surface area (Å²) in [5, 5.41) is 7.90. The van der Waals surface area contributed by atoms with E-state index in [4.69, 9.17) is 14.5 Å². The third-order valence-corrected chi connectivity index (χ3v) is 6.45. The Labute approximate surface area is 190 Å². The van der Waals surface area contributed by atoms with Gasteiger partial charge in [0.2, 0.25) is 5.95 Å². The first kappa shape index (κ1) is 20.2. The van der Waals surface area contributed by atoms with Gasteiger partial charge >= 0.3 is 0 Å². The van der Waals surface area contributed by atoms with Crippen molar-refractivity contribution < 1.29 is 13.9 Å². The van der Waals surface area contributed by atoms with Gasteiger partial charge in [-0.05, 0) is 31.9 Å². The molecule has 3 aromatic heterocycles. The molecule has 5 heterocycles. The number of anilines is 1. The number of aryl methyl sites for hydroxylation is 1. The Bertz CT molecular complexity index is 1320. The van der Waals surface area contributed by atoms with Crippen molar-refractivity contribution in [1.82, 2.24) is 24.1 Å². The second-order valence-corrected chi connectivity index (χ2v) is 8.58. The number of imidazole rings is 1. The Morgan fingerprint density at radius 1 is 1.15 bits per heavy atom. The van der Waals surface area contributed by atoms with E-state index in [2.05, 4.69) is 21.6 Å². The zero-order valence-corrected chi connectivity index (χ0v) is 18.4. The fraction of sp³-hybridized carbons (Fsp3) is 0.375. The Kier molecular flexibility index (Phi) is 4.98. The zero-order valence-electron chi connectivity index (χ0n) is 18.4. The van der Waals surface area contributed by atoms with Gasteiger partial charge in [-0.15, -0.1) is 0 Å². The van der Waals surface area contributed by atoms with E-state index in [9.17, 15) is 4.39 Å². The minimum atomic E-state index is -0.234. The van der Waals surface area contributed by atoms with Crippen molar-refractivity contribution in [3.8, 4) is 16.9 Å². The fourth-order valence-corrected chi connectivity index (χ4v) is 4.73. The summed E-state index contributed by atoms with van der Waals surface area (Å²) in [6.07, 6.45) is 10.3. The number of rotatable bonds is 5. The van der Waals surface area contributed by atoms with Gasteiger partial charge in [0.05, 0.1) is 24.5 Å². The van der Waals surface area contributed by atoms with Crippen molar-refractivity contribution >= 4 is 11.6 Å². The highest BCUT2D eigenvalue weighted by Crippen LogP contribution is 2.31. The highest BCUT2D eigenvalue weighted by Gasteiger charge is 2.21. The molecule has 2 aliphatic heterocycles. The normalized spacial score (nSPS) is 16.2. The molecule has 0 radical (unpaired) electrons. The van der Waals surface area contributed by atoms with Gasteiger partial charge < -0.3 is 14.8 Å². The number of hydrogen-bond donors (Lipinski definition) is 1. The smallest absolute Gasteiger partial charge is 0.208 e. The molecule has 6 rings (SSSR count). The lowest BCUT2D eigenvalue weighted by molar-refractivity contribution is 0.0662. The van der Waals surface area contributed by atoms with Crippen LogP contribution >= 0.6 is 0 Å². The van der Waals surface area contributed by atoms with E-state index < -0.39 is 0 Å². The molecule has 0 aliphatic carbocycles. The lowest BCUT2D eigenvalue weighted by atomic mass is 10.0. The Morgan fingerprint density at radius 3 is 2.91 bits per heavy atom. The predicted molar refractivity (Wildman–Crippen MR) is 121 cm³/mol. The number of benzene rings is 1. The number of aromatic nitrogens is 5. The maximum Gasteiger partial charge on any atom is 0.208 e. The first-order chi connectivity index (χ1) is 16.2. The number of nitrogens with one attached hydrogen (secondary N) is 1. The van der Waals surface area contributed by atoms with Crippen LogP contribution in [0.3, 0.4) is 0 Å². The van der Waals surface area contributed by atoms with Crippen molar-refractivity contribution in [2.45, 2.75) is 38.8 Å². The van der Waals surface area contributed by atoms with Crippen LogP contribution < -0.4 is 10.1 Å². The van der Waals surface area contributed by atoms with Crippen LogP contribution in [0.4, 0.5) is 10.3 Å². The third kappa shape index (κ3) is 3.62. The largest absolute Gasteiger partial charge is 0.493 e. The summed E-state index contributed by atoms with van der Waals surface area (Å²) in [7, 11) is 0. The first-order valence-corrected chi connectivity index (χ1v) is 11.3. The lowest BCUT2D eigenvalue weighted by Crippen LogP contribution is -2.19. The summed E-state index contributed by atoms with van der Waals surface area (Å²) in [5.74, 6) is 1.14. The van der Waals surface area contributed by atoms with Gasteiger partial charge in [0.15, 0.2) is 0 Å². The number of fused-ring (bicyclic) bond motifs is 2. The predicted octanol–water partition coefficient (Wildman–Crippen LogP) is 3.94. The molecular weight excluding hydrogens is 423 g/mol. The Hall–Kier alpha value is -3.46. The second-order valence-electron chi connectivity index (χ2n) is 8.58. The van der Waals surface area contributed by atoms with Crippen molar-refractivity contribution in [3.05, 3.63) is 59.6 Å². The van der Waals surface area contributed by atoms with E-state index in [1.165, 1.54) is 6.07 Å². The molecule has 2 aliphatic rings. The fourth-order valence-electron chi connectivity index (χ4n) is 4.73. The standard InChI is InChI=1S/C24H25FN6O2/c1-15-13-30-23(29-15)19(16-10-28-31(14-16)17-4-7-32-8-5-17)11-26-24(30)27-12-20-18-6-9-33-22(18)3-2-21(20)25/h2-3,10-11,13-14,17H,4-9,12H2,1H3,(H,26,27). The molecule has 0 spiro atoms. The molecular formula is C24H25FN6O2. The number of halogens is 1. The van der Waals surface area contributed by atoms with E-state index in [1.54, 1.807) is 6.07 Å². The van der Waals surface area contributed by atoms with Crippen LogP contribution in [0.25, 0.3) is 16.8 Å². The van der Waals surface area contributed by atoms with E-state index >= 15 is 0 Å². The molecule has 9 heteroatoms. The van der Waals surface area contributed by atoms with Gasteiger partial charge in [-0.25, -0.2) is 14.4 Å². The van der Waals surface area contributed by atoms with E-state index in [0.29, 0.717) is 37.1 Å². The van der Waals surface area contributed by atoms with Gasteiger partial charge in [0.1, 0.15) is 17.2 Å². The molecule has 33 heavy (non-hydrogen) atoms. The maximum absolute atomic E-state index is 14.6. The van der Waals surface area contributed by atoms with Gasteiger partial charge in [-0.1, -0.05) is 0 Å². The molecule has 0 bridgehead atoms. The molecule has 0 unspecified atom stereocenters. The molecule has 0 saturated carbocycles. The Balaban J connectivity index is 1.31. The monoisotopic (exact) mass is 448 g/mol. The second kappa shape index (κ2) is 8.15. The SMILES string of the molecule is Cc1cn2c(NCc3c(F)ccc4c3CCO4)ncc(-c3cnn(C4CCOCC4)c3)c2n1. The van der Waals surface area contributed by atoms with E-state index in [1.807, 2.05) is 34.6 Å². The average molecular weight is 449 g/mol. The quantitative estimate of drug-likeness (QED) is 0.498. The van der Waals surface area contributed by atoms with E-state index in [-0.39, 0.29) is 5.82 Å². The van der Waals surface area contributed by atoms with E-state index in [0.717, 1.165) is 59.8 Å². The molecule has 1 aromatic carbocycles. The summed E-state index contributed by atoms with van der Waals surface area (Å²) in [4.78, 5) is 9.39. The van der Waals surface area contributed by atoms with Crippen LogP contribution in [0.5, 0.6) is 5.75 Å². The first-order valence-electron chi connectivity index (χ1n) is 11.3. The van der Waals surface area contributed by atoms with Crippen molar-refractivity contribution in [1.29, 1.82) is 0 Å². The molecule has 1 saturated heterocycles. The van der Waals surface area contributed by atoms with Crippen molar-refractivity contribution in [2.75, 3.05) is 25.1 Å². The minimum Gasteiger partial charge on any atom is -0.493 e. The third-order valence-electron chi connectivity index (χ3n) is 6.45. The molecule has 1 fully saturated rings. The lowest BCUT2D eigenvalue weighted by Gasteiger charge is -2.22. The average Bonchev–Trinajstić information content (AvgIpc) is 3.58. The zero-order chi connectivity index (χ0) is 22.4. The van der Waals surface area contributed by atoms with Gasteiger partial charge in [-0.3, -0.25) is 9.08 Å². The molecule has 0 amide bonds. The number of hydrogen-bond acceptors (Lipinski definition) is 6. The Morgan fingerprint density at radius 2 is 2.03 bits per heavy atom. The molecule has 170 valence electrons. The summed E-state index contributed by atoms with van der Waals surface area (Å²) in [6, 6.07) is 3.52. The van der Waals surface area contributed by atoms with Crippen LogP contribution in [-0.2, 0) is 17.7 Å². The van der Waals surface area contributed by atoms with Crippen molar-refractivity contribution in [2.24, 2.45) is 0 Å². The van der Waals surface area contributed by atoms with Crippen LogP contribution in [0, 0.1) is 12.7 Å². The number of ether oxygens (including phenoxy) is 2. The summed E-state index contributed by atoms with van der Waals surface area (Å²) in [5.41, 5.74) is 5.10. The minimum absolute atomic E-state index is 0.234. The summed E-state index contributed by atoms with van der Waals surface area (Å²) in [6.45, 7) is 4.39. The highest BCUT2D eigenvalue weighted by molar-refractivity contribution is 5.77. The highest BCUT2D eigenvalue weighted by atomic mass is 19.1. The molecule has 1 N–H and O–H groups in total. The van der Waals surface area contributed by atoms with Gasteiger partial charge in [0, 0.05) is 67.0 Å². The van der Waals surface area contributed by atoms with Gasteiger partial charge in [0.25, 0.3) is 0 Å². The van der Waals surface area contributed by atoms with Crippen molar-refractivity contribution in [3.63, 3.8) is 0 Å². The molecule has 0 atom stereocenters. The van der Waals surface area contributed by atoms with Gasteiger partial charge in [-0.2, -0.15) is 5.10 Å². The van der Waals surface area contributed by atoms with Crippen LogP contribution in [0.15, 0.2) is 36.9 Å². The number of nitrogens with zero attached hydrogens (tertiary/aromatic N) is 5.